The van der Waals surface area contributed by atoms with Crippen LogP contribution in [0.1, 0.15) is 55.5 Å². The van der Waals surface area contributed by atoms with Crippen molar-refractivity contribution in [2.75, 3.05) is 0 Å². The van der Waals surface area contributed by atoms with Gasteiger partial charge in [-0.2, -0.15) is 0 Å². The summed E-state index contributed by atoms with van der Waals surface area (Å²) in [5.74, 6) is 0.774. The van der Waals surface area contributed by atoms with Crippen LogP contribution in [0.15, 0.2) is 12.3 Å². The predicted molar refractivity (Wildman–Crippen MR) is 58.2 cm³/mol. The minimum atomic E-state index is 0.103. The Morgan fingerprint density at radius 1 is 1.57 bits per heavy atom. The second-order valence-electron chi connectivity index (χ2n) is 4.22. The predicted octanol–water partition coefficient (Wildman–Crippen LogP) is 2.54. The lowest BCUT2D eigenvalue weighted by molar-refractivity contribution is 0.799. The molecule has 2 N–H and O–H groups in total. The fourth-order valence-corrected chi connectivity index (χ4v) is 1.82. The van der Waals surface area contributed by atoms with Gasteiger partial charge in [0.05, 0.1) is 0 Å². The molecule has 0 saturated heterocycles. The van der Waals surface area contributed by atoms with E-state index in [1.807, 2.05) is 13.1 Å². The van der Waals surface area contributed by atoms with E-state index in [0.717, 1.165) is 12.3 Å². The van der Waals surface area contributed by atoms with Crippen molar-refractivity contribution >= 4 is 0 Å². The molecule has 1 aliphatic carbocycles. The third-order valence-electron chi connectivity index (χ3n) is 2.90. The largest absolute Gasteiger partial charge is 0.324 e. The minimum Gasteiger partial charge on any atom is -0.324 e. The summed E-state index contributed by atoms with van der Waals surface area (Å²) in [4.78, 5) is 4.50. The van der Waals surface area contributed by atoms with Gasteiger partial charge < -0.3 is 5.73 Å². The molecular formula is C12H18N2. The van der Waals surface area contributed by atoms with E-state index in [-0.39, 0.29) is 6.04 Å². The monoisotopic (exact) mass is 190 g/mol. The maximum Gasteiger partial charge on any atom is 0.0435 e. The maximum atomic E-state index is 5.85. The van der Waals surface area contributed by atoms with Gasteiger partial charge in [0.1, 0.15) is 0 Å². The van der Waals surface area contributed by atoms with E-state index >= 15 is 0 Å². The molecule has 1 atom stereocenters. The van der Waals surface area contributed by atoms with Gasteiger partial charge in [-0.3, -0.25) is 4.98 Å². The van der Waals surface area contributed by atoms with E-state index < -0.39 is 0 Å². The highest BCUT2D eigenvalue weighted by molar-refractivity contribution is 5.32. The smallest absolute Gasteiger partial charge is 0.0435 e. The Labute approximate surface area is 85.5 Å². The first kappa shape index (κ1) is 9.66. The number of nitrogens with two attached hydrogens (primary N) is 1. The van der Waals surface area contributed by atoms with Gasteiger partial charge in [0.25, 0.3) is 0 Å². The molecule has 2 nitrogen and oxygen atoms in total. The molecule has 2 heteroatoms. The molecule has 0 aliphatic heterocycles. The zero-order valence-electron chi connectivity index (χ0n) is 8.96. The first-order chi connectivity index (χ1) is 6.72. The van der Waals surface area contributed by atoms with Gasteiger partial charge >= 0.3 is 0 Å². The summed E-state index contributed by atoms with van der Waals surface area (Å²) in [5, 5.41) is 0. The van der Waals surface area contributed by atoms with Crippen LogP contribution in [0.3, 0.4) is 0 Å². The van der Waals surface area contributed by atoms with Crippen molar-refractivity contribution in [1.29, 1.82) is 0 Å². The molecule has 1 unspecified atom stereocenters. The number of nitrogens with zero attached hydrogens (tertiary/aromatic N) is 1. The lowest BCUT2D eigenvalue weighted by Crippen LogP contribution is -2.07. The molecule has 0 amide bonds. The molecule has 0 aromatic carbocycles. The third-order valence-corrected chi connectivity index (χ3v) is 2.90. The lowest BCUT2D eigenvalue weighted by atomic mass is 10.0. The number of hydrogen-bond donors (Lipinski definition) is 1. The lowest BCUT2D eigenvalue weighted by Gasteiger charge is -2.10. The number of hydrogen-bond acceptors (Lipinski definition) is 2. The Balaban J connectivity index is 2.36. The van der Waals surface area contributed by atoms with Crippen molar-refractivity contribution in [3.05, 3.63) is 29.1 Å². The number of rotatable bonds is 3. The Hall–Kier alpha value is -0.890. The van der Waals surface area contributed by atoms with Crippen molar-refractivity contribution in [2.45, 2.75) is 45.1 Å². The zero-order valence-corrected chi connectivity index (χ0v) is 8.96. The van der Waals surface area contributed by atoms with Gasteiger partial charge in [-0.25, -0.2) is 0 Å². The summed E-state index contributed by atoms with van der Waals surface area (Å²) in [6.45, 7) is 4.18. The molecule has 14 heavy (non-hydrogen) atoms. The van der Waals surface area contributed by atoms with Gasteiger partial charge in [-0.1, -0.05) is 13.0 Å². The topological polar surface area (TPSA) is 38.9 Å². The normalized spacial score (nSPS) is 18.2. The molecule has 1 saturated carbocycles. The molecule has 0 spiro atoms. The van der Waals surface area contributed by atoms with Gasteiger partial charge in [0.15, 0.2) is 0 Å². The average molecular weight is 190 g/mol. The summed E-state index contributed by atoms with van der Waals surface area (Å²) >= 11 is 0. The van der Waals surface area contributed by atoms with Crippen molar-refractivity contribution < 1.29 is 0 Å². The minimum absolute atomic E-state index is 0.103. The van der Waals surface area contributed by atoms with Crippen molar-refractivity contribution in [1.82, 2.24) is 4.98 Å². The Bertz CT molecular complexity index is 327. The van der Waals surface area contributed by atoms with Crippen LogP contribution in [0.4, 0.5) is 0 Å². The summed E-state index contributed by atoms with van der Waals surface area (Å²) in [7, 11) is 0. The average Bonchev–Trinajstić information content (AvgIpc) is 3.00. The SMILES string of the molecule is CCc1ncc(C(C)N)cc1C1CC1. The van der Waals surface area contributed by atoms with Gasteiger partial charge in [-0.05, 0) is 43.2 Å². The van der Waals surface area contributed by atoms with E-state index in [1.54, 1.807) is 0 Å². The van der Waals surface area contributed by atoms with E-state index in [2.05, 4.69) is 18.0 Å². The molecule has 1 heterocycles. The first-order valence-corrected chi connectivity index (χ1v) is 5.46. The summed E-state index contributed by atoms with van der Waals surface area (Å²) in [6, 6.07) is 2.36. The molecule has 1 aromatic rings. The standard InChI is InChI=1S/C12H18N2/c1-3-12-11(9-4-5-9)6-10(7-14-12)8(2)13/h6-9H,3-5,13H2,1-2H3. The van der Waals surface area contributed by atoms with Gasteiger partial charge in [0, 0.05) is 17.9 Å². The quantitative estimate of drug-likeness (QED) is 0.795. The summed E-state index contributed by atoms with van der Waals surface area (Å²) < 4.78 is 0. The third kappa shape index (κ3) is 1.80. The molecular weight excluding hydrogens is 172 g/mol. The Morgan fingerprint density at radius 2 is 2.29 bits per heavy atom. The molecule has 1 aromatic heterocycles. The molecule has 1 aliphatic rings. The first-order valence-electron chi connectivity index (χ1n) is 5.46. The maximum absolute atomic E-state index is 5.85. The summed E-state index contributed by atoms with van der Waals surface area (Å²) in [6.07, 6.45) is 5.62. The second-order valence-corrected chi connectivity index (χ2v) is 4.22. The van der Waals surface area contributed by atoms with Gasteiger partial charge in [0.2, 0.25) is 0 Å². The summed E-state index contributed by atoms with van der Waals surface area (Å²) in [5.41, 5.74) is 9.73. The number of pyridine rings is 1. The van der Waals surface area contributed by atoms with Crippen molar-refractivity contribution in [3.8, 4) is 0 Å². The number of aryl methyl sites for hydroxylation is 1. The van der Waals surface area contributed by atoms with Crippen LogP contribution in [0.25, 0.3) is 0 Å². The number of aromatic nitrogens is 1. The fraction of sp³-hybridized carbons (Fsp3) is 0.583. The van der Waals surface area contributed by atoms with Crippen LogP contribution in [-0.4, -0.2) is 4.98 Å². The van der Waals surface area contributed by atoms with Crippen LogP contribution < -0.4 is 5.73 Å². The molecule has 2 rings (SSSR count). The molecule has 0 bridgehead atoms. The Morgan fingerprint density at radius 3 is 2.79 bits per heavy atom. The van der Waals surface area contributed by atoms with Crippen molar-refractivity contribution in [3.63, 3.8) is 0 Å². The molecule has 76 valence electrons. The second kappa shape index (κ2) is 3.70. The van der Waals surface area contributed by atoms with Crippen LogP contribution in [0, 0.1) is 0 Å². The van der Waals surface area contributed by atoms with E-state index in [9.17, 15) is 0 Å². The van der Waals surface area contributed by atoms with E-state index in [4.69, 9.17) is 5.73 Å². The highest BCUT2D eigenvalue weighted by Gasteiger charge is 2.26. The molecule has 1 fully saturated rings. The van der Waals surface area contributed by atoms with E-state index in [0.29, 0.717) is 0 Å². The fourth-order valence-electron chi connectivity index (χ4n) is 1.82. The Kier molecular flexibility index (Phi) is 2.55. The van der Waals surface area contributed by atoms with Crippen LogP contribution in [0.5, 0.6) is 0 Å². The van der Waals surface area contributed by atoms with Crippen molar-refractivity contribution in [2.24, 2.45) is 5.73 Å². The van der Waals surface area contributed by atoms with Crippen LogP contribution >= 0.6 is 0 Å². The van der Waals surface area contributed by atoms with E-state index in [1.165, 1.54) is 29.7 Å². The highest BCUT2D eigenvalue weighted by atomic mass is 14.7. The molecule has 0 radical (unpaired) electrons. The van der Waals surface area contributed by atoms with Crippen LogP contribution in [0.2, 0.25) is 0 Å². The van der Waals surface area contributed by atoms with Crippen LogP contribution in [-0.2, 0) is 6.42 Å². The highest BCUT2D eigenvalue weighted by Crippen LogP contribution is 2.41. The van der Waals surface area contributed by atoms with Gasteiger partial charge in [-0.15, -0.1) is 0 Å². The zero-order chi connectivity index (χ0) is 10.1.